The van der Waals surface area contributed by atoms with Gasteiger partial charge in [0.05, 0.1) is 22.0 Å². The molecule has 0 saturated heterocycles. The zero-order valence-corrected chi connectivity index (χ0v) is 17.2. The molecule has 8 heteroatoms. The maximum absolute atomic E-state index is 12.6. The summed E-state index contributed by atoms with van der Waals surface area (Å²) in [7, 11) is -3.58. The van der Waals surface area contributed by atoms with E-state index in [9.17, 15) is 13.2 Å². The Balaban J connectivity index is 1.36. The van der Waals surface area contributed by atoms with Gasteiger partial charge in [-0.3, -0.25) is 4.79 Å². The lowest BCUT2D eigenvalue weighted by Gasteiger charge is -2.15. The van der Waals surface area contributed by atoms with Gasteiger partial charge < -0.3 is 10.1 Å². The van der Waals surface area contributed by atoms with E-state index in [0.29, 0.717) is 17.6 Å². The smallest absolute Gasteiger partial charge is 0.263 e. The Bertz CT molecular complexity index is 1100. The molecule has 1 aromatic heterocycles. The third-order valence-corrected chi connectivity index (χ3v) is 6.95. The first kappa shape index (κ1) is 20.2. The molecule has 2 aromatic carbocycles. The number of aromatic nitrogens is 2. The molecular weight excluding hydrogens is 402 g/mol. The van der Waals surface area contributed by atoms with E-state index in [0.717, 1.165) is 12.8 Å². The number of nitrogens with zero attached hydrogens (tertiary/aromatic N) is 2. The van der Waals surface area contributed by atoms with E-state index >= 15 is 0 Å². The van der Waals surface area contributed by atoms with Crippen LogP contribution in [0.2, 0.25) is 0 Å². The number of ether oxygens (including phenoxy) is 1. The second kappa shape index (κ2) is 8.71. The molecule has 3 aromatic rings. The van der Waals surface area contributed by atoms with E-state index in [-0.39, 0.29) is 22.3 Å². The standard InChI is InChI=1S/C22H23N3O4S/c26-22(24-21-14-15-23-25(21)17-6-4-5-7-17)16-29-18-10-12-20(13-11-18)30(27,28)19-8-2-1-3-9-19/h1-3,8-15,17H,4-7,16H2,(H,24,26). The Hall–Kier alpha value is -3.13. The first-order valence-corrected chi connectivity index (χ1v) is 11.4. The number of hydrogen-bond acceptors (Lipinski definition) is 5. The van der Waals surface area contributed by atoms with Crippen molar-refractivity contribution in [2.24, 2.45) is 0 Å². The fourth-order valence-corrected chi connectivity index (χ4v) is 4.91. The molecule has 1 N–H and O–H groups in total. The summed E-state index contributed by atoms with van der Waals surface area (Å²) in [6.45, 7) is -0.180. The van der Waals surface area contributed by atoms with Crippen LogP contribution in [-0.4, -0.2) is 30.7 Å². The third kappa shape index (κ3) is 4.38. The van der Waals surface area contributed by atoms with E-state index in [2.05, 4.69) is 10.4 Å². The molecule has 1 aliphatic carbocycles. The molecule has 0 unspecified atom stereocenters. The van der Waals surface area contributed by atoms with E-state index in [1.165, 1.54) is 25.0 Å². The van der Waals surface area contributed by atoms with Crippen molar-refractivity contribution < 1.29 is 17.9 Å². The lowest BCUT2D eigenvalue weighted by Crippen LogP contribution is -2.23. The lowest BCUT2D eigenvalue weighted by molar-refractivity contribution is -0.118. The minimum Gasteiger partial charge on any atom is -0.484 e. The maximum atomic E-state index is 12.6. The average molecular weight is 426 g/mol. The van der Waals surface area contributed by atoms with Gasteiger partial charge in [0.1, 0.15) is 11.6 Å². The Morgan fingerprint density at radius 3 is 2.37 bits per heavy atom. The predicted molar refractivity (Wildman–Crippen MR) is 112 cm³/mol. The highest BCUT2D eigenvalue weighted by Gasteiger charge is 2.21. The number of anilines is 1. The van der Waals surface area contributed by atoms with Crippen molar-refractivity contribution in [2.45, 2.75) is 41.5 Å². The van der Waals surface area contributed by atoms with E-state index in [1.807, 2.05) is 4.68 Å². The Morgan fingerprint density at radius 2 is 1.67 bits per heavy atom. The molecule has 156 valence electrons. The van der Waals surface area contributed by atoms with Crippen molar-refractivity contribution in [3.63, 3.8) is 0 Å². The van der Waals surface area contributed by atoms with Gasteiger partial charge in [0.15, 0.2) is 6.61 Å². The molecule has 1 amide bonds. The van der Waals surface area contributed by atoms with Gasteiger partial charge in [-0.25, -0.2) is 13.1 Å². The molecule has 1 heterocycles. The van der Waals surface area contributed by atoms with Crippen molar-refractivity contribution in [2.75, 3.05) is 11.9 Å². The molecule has 1 fully saturated rings. The molecule has 4 rings (SSSR count). The lowest BCUT2D eigenvalue weighted by atomic mass is 10.2. The fourth-order valence-electron chi connectivity index (χ4n) is 3.63. The van der Waals surface area contributed by atoms with Crippen molar-refractivity contribution in [1.82, 2.24) is 9.78 Å². The number of nitrogens with one attached hydrogen (secondary N) is 1. The summed E-state index contributed by atoms with van der Waals surface area (Å²) < 4.78 is 32.6. The molecule has 1 saturated carbocycles. The SMILES string of the molecule is O=C(COc1ccc(S(=O)(=O)c2ccccc2)cc1)Nc1ccnn1C1CCCC1. The molecule has 0 aliphatic heterocycles. The zero-order chi connectivity index (χ0) is 21.0. The van der Waals surface area contributed by atoms with Gasteiger partial charge in [-0.1, -0.05) is 31.0 Å². The summed E-state index contributed by atoms with van der Waals surface area (Å²) >= 11 is 0. The Morgan fingerprint density at radius 1 is 1.00 bits per heavy atom. The van der Waals surface area contributed by atoms with Crippen LogP contribution in [0.3, 0.4) is 0 Å². The summed E-state index contributed by atoms with van der Waals surface area (Å²) in [5, 5.41) is 7.17. The Labute approximate surface area is 175 Å². The fraction of sp³-hybridized carbons (Fsp3) is 0.273. The van der Waals surface area contributed by atoms with Gasteiger partial charge >= 0.3 is 0 Å². The van der Waals surface area contributed by atoms with Crippen molar-refractivity contribution in [3.05, 3.63) is 66.9 Å². The number of benzene rings is 2. The molecular formula is C22H23N3O4S. The monoisotopic (exact) mass is 425 g/mol. The second-order valence-electron chi connectivity index (χ2n) is 7.22. The van der Waals surface area contributed by atoms with Crippen LogP contribution < -0.4 is 10.1 Å². The van der Waals surface area contributed by atoms with Gasteiger partial charge in [0.2, 0.25) is 9.84 Å². The number of amides is 1. The van der Waals surface area contributed by atoms with Crippen LogP contribution >= 0.6 is 0 Å². The number of carbonyl (C=O) groups is 1. The van der Waals surface area contributed by atoms with Crippen LogP contribution in [-0.2, 0) is 14.6 Å². The number of sulfone groups is 1. The maximum Gasteiger partial charge on any atom is 0.263 e. The van der Waals surface area contributed by atoms with Gasteiger partial charge in [0.25, 0.3) is 5.91 Å². The van der Waals surface area contributed by atoms with Crippen LogP contribution in [0.5, 0.6) is 5.75 Å². The number of hydrogen-bond donors (Lipinski definition) is 1. The molecule has 0 spiro atoms. The van der Waals surface area contributed by atoms with Crippen LogP contribution in [0.4, 0.5) is 5.82 Å². The molecule has 0 bridgehead atoms. The number of carbonyl (C=O) groups excluding carboxylic acids is 1. The highest BCUT2D eigenvalue weighted by atomic mass is 32.2. The van der Waals surface area contributed by atoms with Crippen LogP contribution in [0.25, 0.3) is 0 Å². The summed E-state index contributed by atoms with van der Waals surface area (Å²) in [6.07, 6.45) is 6.17. The highest BCUT2D eigenvalue weighted by Crippen LogP contribution is 2.31. The third-order valence-electron chi connectivity index (χ3n) is 5.17. The average Bonchev–Trinajstić information content (AvgIpc) is 3.45. The summed E-state index contributed by atoms with van der Waals surface area (Å²) in [6, 6.07) is 16.4. The molecule has 0 atom stereocenters. The quantitative estimate of drug-likeness (QED) is 0.621. The highest BCUT2D eigenvalue weighted by molar-refractivity contribution is 7.91. The number of rotatable bonds is 7. The van der Waals surface area contributed by atoms with Crippen LogP contribution in [0.1, 0.15) is 31.7 Å². The van der Waals surface area contributed by atoms with Gasteiger partial charge in [-0.2, -0.15) is 5.10 Å². The van der Waals surface area contributed by atoms with Crippen molar-refractivity contribution >= 4 is 21.6 Å². The van der Waals surface area contributed by atoms with E-state index in [4.69, 9.17) is 4.74 Å². The van der Waals surface area contributed by atoms with E-state index < -0.39 is 9.84 Å². The van der Waals surface area contributed by atoms with Crippen LogP contribution in [0, 0.1) is 0 Å². The molecule has 30 heavy (non-hydrogen) atoms. The van der Waals surface area contributed by atoms with E-state index in [1.54, 1.807) is 54.7 Å². The summed E-state index contributed by atoms with van der Waals surface area (Å²) in [5.41, 5.74) is 0. The first-order chi connectivity index (χ1) is 14.5. The van der Waals surface area contributed by atoms with Crippen molar-refractivity contribution in [3.8, 4) is 5.75 Å². The van der Waals surface area contributed by atoms with Gasteiger partial charge in [-0.05, 0) is 49.2 Å². The Kier molecular flexibility index (Phi) is 5.85. The molecule has 1 aliphatic rings. The largest absolute Gasteiger partial charge is 0.484 e. The molecule has 0 radical (unpaired) electrons. The van der Waals surface area contributed by atoms with Crippen LogP contribution in [0.15, 0.2) is 76.7 Å². The van der Waals surface area contributed by atoms with Gasteiger partial charge in [-0.15, -0.1) is 0 Å². The topological polar surface area (TPSA) is 90.3 Å². The summed E-state index contributed by atoms with van der Waals surface area (Å²) in [4.78, 5) is 12.7. The van der Waals surface area contributed by atoms with Crippen molar-refractivity contribution in [1.29, 1.82) is 0 Å². The summed E-state index contributed by atoms with van der Waals surface area (Å²) in [5.74, 6) is 0.789. The predicted octanol–water partition coefficient (Wildman–Crippen LogP) is 3.85. The first-order valence-electron chi connectivity index (χ1n) is 9.90. The van der Waals surface area contributed by atoms with Gasteiger partial charge in [0, 0.05) is 6.07 Å². The zero-order valence-electron chi connectivity index (χ0n) is 16.4. The minimum absolute atomic E-state index is 0.172. The minimum atomic E-state index is -3.58. The second-order valence-corrected chi connectivity index (χ2v) is 9.17. The molecule has 7 nitrogen and oxygen atoms in total. The normalized spacial score (nSPS) is 14.5.